The Labute approximate surface area is 248 Å². The molecule has 0 heterocycles. The minimum atomic E-state index is -0.891. The number of carbonyl (C=O) groups is 3. The molecule has 3 rings (SSSR count). The van der Waals surface area contributed by atoms with Gasteiger partial charge in [0.25, 0.3) is 5.91 Å². The zero-order chi connectivity index (χ0) is 30.0. The predicted octanol–water partition coefficient (Wildman–Crippen LogP) is 7.10. The van der Waals surface area contributed by atoms with Gasteiger partial charge in [0.1, 0.15) is 17.7 Å². The van der Waals surface area contributed by atoms with E-state index in [2.05, 4.69) is 10.6 Å². The molecule has 220 valence electrons. The third kappa shape index (κ3) is 9.52. The Morgan fingerprint density at radius 3 is 2.37 bits per heavy atom. The van der Waals surface area contributed by atoms with Crippen molar-refractivity contribution in [2.45, 2.75) is 71.6 Å². The van der Waals surface area contributed by atoms with Gasteiger partial charge in [-0.05, 0) is 81.0 Å². The summed E-state index contributed by atoms with van der Waals surface area (Å²) in [6.45, 7) is 9.72. The van der Waals surface area contributed by atoms with Gasteiger partial charge in [-0.2, -0.15) is 11.8 Å². The van der Waals surface area contributed by atoms with Crippen molar-refractivity contribution >= 4 is 46.1 Å². The highest BCUT2D eigenvalue weighted by molar-refractivity contribution is 7.98. The average Bonchev–Trinajstić information content (AvgIpc) is 2.91. The number of benzene rings is 3. The Hall–Kier alpha value is -3.52. The Morgan fingerprint density at radius 1 is 0.976 bits per heavy atom. The topological polar surface area (TPSA) is 87.7 Å². The second-order valence-corrected chi connectivity index (χ2v) is 12.2. The van der Waals surface area contributed by atoms with E-state index in [1.54, 1.807) is 37.4 Å². The molecule has 0 radical (unpaired) electrons. The van der Waals surface area contributed by atoms with E-state index in [1.807, 2.05) is 86.8 Å². The van der Waals surface area contributed by atoms with Crippen LogP contribution in [0, 0.1) is 6.92 Å². The number of hydrogen-bond donors (Lipinski definition) is 2. The Balaban J connectivity index is 2.00. The van der Waals surface area contributed by atoms with Crippen molar-refractivity contribution in [3.63, 3.8) is 0 Å². The number of alkyl carbamates (subject to hydrolysis) is 1. The van der Waals surface area contributed by atoms with Crippen LogP contribution in [0.5, 0.6) is 0 Å². The molecule has 0 aromatic heterocycles. The van der Waals surface area contributed by atoms with Crippen LogP contribution in [0.2, 0.25) is 0 Å². The van der Waals surface area contributed by atoms with Gasteiger partial charge >= 0.3 is 6.09 Å². The molecule has 0 fully saturated rings. The second-order valence-electron chi connectivity index (χ2n) is 11.2. The monoisotopic (exact) mass is 577 g/mol. The zero-order valence-electron chi connectivity index (χ0n) is 25.0. The van der Waals surface area contributed by atoms with E-state index < -0.39 is 23.8 Å². The lowest BCUT2D eigenvalue weighted by Crippen LogP contribution is -2.52. The molecule has 8 heteroatoms. The minimum Gasteiger partial charge on any atom is -0.444 e. The summed E-state index contributed by atoms with van der Waals surface area (Å²) in [6, 6.07) is 19.7. The first-order chi connectivity index (χ1) is 19.5. The van der Waals surface area contributed by atoms with Crippen molar-refractivity contribution in [2.75, 3.05) is 23.9 Å². The quantitative estimate of drug-likeness (QED) is 0.240. The van der Waals surface area contributed by atoms with E-state index in [4.69, 9.17) is 4.74 Å². The van der Waals surface area contributed by atoms with Crippen LogP contribution in [0.15, 0.2) is 66.7 Å². The SMILES string of the molecule is CCCCN(C(=O)C(CCSC)NC(=O)OC(C)(C)C)C(C(=O)Nc1ccc2ccccc2c1)c1cccc(C)c1. The molecule has 0 aliphatic heterocycles. The molecule has 0 saturated carbocycles. The molecule has 3 aromatic carbocycles. The van der Waals surface area contributed by atoms with Crippen LogP contribution in [-0.2, 0) is 14.3 Å². The first-order valence-corrected chi connectivity index (χ1v) is 15.6. The predicted molar refractivity (Wildman–Crippen MR) is 169 cm³/mol. The fraction of sp³-hybridized carbons (Fsp3) is 0.424. The second kappa shape index (κ2) is 14.9. The standard InChI is InChI=1S/C33H43N3O4S/c1-7-8-19-36(31(38)28(18-20-41-6)35-32(39)40-33(3,4)5)29(26-15-11-12-23(2)21-26)30(37)34-27-17-16-24-13-9-10-14-25(24)22-27/h9-17,21-22,28-29H,7-8,18-20H2,1-6H3,(H,34,37)(H,35,39). The van der Waals surface area contributed by atoms with Gasteiger partial charge in [-0.1, -0.05) is 73.5 Å². The fourth-order valence-corrected chi connectivity index (χ4v) is 5.10. The van der Waals surface area contributed by atoms with Crippen LogP contribution < -0.4 is 10.6 Å². The molecular formula is C33H43N3O4S. The summed E-state index contributed by atoms with van der Waals surface area (Å²) in [6.07, 6.45) is 3.26. The maximum absolute atomic E-state index is 14.3. The number of carbonyl (C=O) groups excluding carboxylic acids is 3. The van der Waals surface area contributed by atoms with Crippen molar-refractivity contribution in [2.24, 2.45) is 0 Å². The largest absolute Gasteiger partial charge is 0.444 e. The zero-order valence-corrected chi connectivity index (χ0v) is 25.8. The Bertz CT molecular complexity index is 1340. The molecule has 2 N–H and O–H groups in total. The molecule has 0 aliphatic rings. The van der Waals surface area contributed by atoms with Gasteiger partial charge in [0.05, 0.1) is 0 Å². The number of unbranched alkanes of at least 4 members (excludes halogenated alkanes) is 1. The number of rotatable bonds is 12. The van der Waals surface area contributed by atoms with Gasteiger partial charge in [-0.25, -0.2) is 4.79 Å². The maximum Gasteiger partial charge on any atom is 0.408 e. The Morgan fingerprint density at radius 2 is 1.71 bits per heavy atom. The van der Waals surface area contributed by atoms with Crippen LogP contribution in [0.4, 0.5) is 10.5 Å². The number of anilines is 1. The molecule has 0 saturated heterocycles. The van der Waals surface area contributed by atoms with Crippen LogP contribution in [-0.4, -0.2) is 53.0 Å². The van der Waals surface area contributed by atoms with Crippen molar-refractivity contribution < 1.29 is 19.1 Å². The molecule has 3 amide bonds. The Kier molecular flexibility index (Phi) is 11.6. The number of amides is 3. The third-order valence-electron chi connectivity index (χ3n) is 6.57. The van der Waals surface area contributed by atoms with Crippen molar-refractivity contribution in [1.29, 1.82) is 0 Å². The number of ether oxygens (including phenoxy) is 1. The van der Waals surface area contributed by atoms with Crippen LogP contribution >= 0.6 is 11.8 Å². The summed E-state index contributed by atoms with van der Waals surface area (Å²) in [5, 5.41) is 7.95. The van der Waals surface area contributed by atoms with Gasteiger partial charge in [-0.15, -0.1) is 0 Å². The summed E-state index contributed by atoms with van der Waals surface area (Å²) in [4.78, 5) is 42.7. The smallest absolute Gasteiger partial charge is 0.408 e. The highest BCUT2D eigenvalue weighted by atomic mass is 32.2. The van der Waals surface area contributed by atoms with Gasteiger partial charge in [0.2, 0.25) is 5.91 Å². The van der Waals surface area contributed by atoms with Gasteiger partial charge in [0, 0.05) is 12.2 Å². The number of aryl methyl sites for hydroxylation is 1. The van der Waals surface area contributed by atoms with E-state index in [0.29, 0.717) is 36.4 Å². The van der Waals surface area contributed by atoms with E-state index >= 15 is 0 Å². The lowest BCUT2D eigenvalue weighted by molar-refractivity contribution is -0.141. The first kappa shape index (κ1) is 32.0. The highest BCUT2D eigenvalue weighted by Gasteiger charge is 2.36. The molecule has 2 atom stereocenters. The van der Waals surface area contributed by atoms with Crippen molar-refractivity contribution in [3.8, 4) is 0 Å². The normalized spacial score (nSPS) is 12.8. The van der Waals surface area contributed by atoms with Crippen LogP contribution in [0.25, 0.3) is 10.8 Å². The van der Waals surface area contributed by atoms with Gasteiger partial charge in [-0.3, -0.25) is 9.59 Å². The number of nitrogens with one attached hydrogen (secondary N) is 2. The number of fused-ring (bicyclic) bond motifs is 1. The average molecular weight is 578 g/mol. The first-order valence-electron chi connectivity index (χ1n) is 14.2. The van der Waals surface area contributed by atoms with E-state index in [-0.39, 0.29) is 11.8 Å². The summed E-state index contributed by atoms with van der Waals surface area (Å²) >= 11 is 1.59. The number of nitrogens with zero attached hydrogens (tertiary/aromatic N) is 1. The van der Waals surface area contributed by atoms with E-state index in [0.717, 1.165) is 22.8 Å². The van der Waals surface area contributed by atoms with E-state index in [1.165, 1.54) is 0 Å². The maximum atomic E-state index is 14.3. The summed E-state index contributed by atoms with van der Waals surface area (Å²) < 4.78 is 5.47. The molecule has 41 heavy (non-hydrogen) atoms. The van der Waals surface area contributed by atoms with Crippen LogP contribution in [0.3, 0.4) is 0 Å². The molecule has 7 nitrogen and oxygen atoms in total. The van der Waals surface area contributed by atoms with Crippen molar-refractivity contribution in [1.82, 2.24) is 10.2 Å². The lowest BCUT2D eigenvalue weighted by Gasteiger charge is -2.34. The molecule has 0 spiro atoms. The molecular weight excluding hydrogens is 534 g/mol. The molecule has 0 aliphatic carbocycles. The highest BCUT2D eigenvalue weighted by Crippen LogP contribution is 2.27. The van der Waals surface area contributed by atoms with Crippen LogP contribution in [0.1, 0.15) is 64.1 Å². The summed E-state index contributed by atoms with van der Waals surface area (Å²) in [5.41, 5.74) is 1.65. The van der Waals surface area contributed by atoms with Gasteiger partial charge < -0.3 is 20.3 Å². The summed E-state index contributed by atoms with van der Waals surface area (Å²) in [7, 11) is 0. The van der Waals surface area contributed by atoms with E-state index in [9.17, 15) is 14.4 Å². The lowest BCUT2D eigenvalue weighted by atomic mass is 9.99. The molecule has 3 aromatic rings. The number of hydrogen-bond acceptors (Lipinski definition) is 5. The summed E-state index contributed by atoms with van der Waals surface area (Å²) in [5.74, 6) is 0.0430. The number of thioether (sulfide) groups is 1. The van der Waals surface area contributed by atoms with Crippen molar-refractivity contribution in [3.05, 3.63) is 77.9 Å². The fourth-order valence-electron chi connectivity index (χ4n) is 4.63. The third-order valence-corrected chi connectivity index (χ3v) is 7.21. The van der Waals surface area contributed by atoms with Gasteiger partial charge in [0.15, 0.2) is 0 Å². The molecule has 0 bridgehead atoms. The molecule has 2 unspecified atom stereocenters. The minimum absolute atomic E-state index is 0.307.